The summed E-state index contributed by atoms with van der Waals surface area (Å²) >= 11 is 1.54. The molecule has 0 unspecified atom stereocenters. The summed E-state index contributed by atoms with van der Waals surface area (Å²) in [5.74, 6) is 0. The standard InChI is InChI=1S/C9H10N4S/c1-13-6-8(10)9(12-13)14-7-2-4-11-5-3-7/h2-6H,10H2,1H3. The first-order chi connectivity index (χ1) is 6.75. The number of anilines is 1. The van der Waals surface area contributed by atoms with E-state index in [-0.39, 0.29) is 0 Å². The highest BCUT2D eigenvalue weighted by atomic mass is 32.2. The molecule has 0 amide bonds. The summed E-state index contributed by atoms with van der Waals surface area (Å²) in [5, 5.41) is 5.07. The molecule has 2 N–H and O–H groups in total. The molecule has 2 aromatic rings. The van der Waals surface area contributed by atoms with E-state index in [2.05, 4.69) is 10.1 Å². The Morgan fingerprint density at radius 1 is 1.36 bits per heavy atom. The van der Waals surface area contributed by atoms with Crippen LogP contribution in [0, 0.1) is 0 Å². The number of hydrogen-bond acceptors (Lipinski definition) is 4. The van der Waals surface area contributed by atoms with Crippen molar-refractivity contribution in [2.45, 2.75) is 9.92 Å². The first-order valence-electron chi connectivity index (χ1n) is 4.13. The van der Waals surface area contributed by atoms with Gasteiger partial charge in [-0.25, -0.2) is 0 Å². The van der Waals surface area contributed by atoms with Crippen LogP contribution < -0.4 is 5.73 Å². The molecule has 0 radical (unpaired) electrons. The van der Waals surface area contributed by atoms with Gasteiger partial charge in [0.2, 0.25) is 0 Å². The molecule has 2 heterocycles. The Hall–Kier alpha value is -1.49. The van der Waals surface area contributed by atoms with Crippen molar-refractivity contribution in [3.63, 3.8) is 0 Å². The fourth-order valence-corrected chi connectivity index (χ4v) is 1.90. The highest BCUT2D eigenvalue weighted by molar-refractivity contribution is 7.99. The van der Waals surface area contributed by atoms with Crippen molar-refractivity contribution in [3.05, 3.63) is 30.7 Å². The van der Waals surface area contributed by atoms with Gasteiger partial charge in [-0.3, -0.25) is 9.67 Å². The van der Waals surface area contributed by atoms with Crippen molar-refractivity contribution in [2.75, 3.05) is 5.73 Å². The lowest BCUT2D eigenvalue weighted by Gasteiger charge is -1.96. The maximum absolute atomic E-state index is 5.77. The van der Waals surface area contributed by atoms with Gasteiger partial charge in [-0.05, 0) is 12.1 Å². The van der Waals surface area contributed by atoms with E-state index >= 15 is 0 Å². The number of aromatic nitrogens is 3. The maximum Gasteiger partial charge on any atom is 0.146 e. The number of nitrogens with zero attached hydrogens (tertiary/aromatic N) is 3. The molecule has 0 aliphatic heterocycles. The minimum Gasteiger partial charge on any atom is -0.395 e. The van der Waals surface area contributed by atoms with Gasteiger partial charge in [-0.2, -0.15) is 5.10 Å². The lowest BCUT2D eigenvalue weighted by molar-refractivity contribution is 0.738. The number of aryl methyl sites for hydroxylation is 1. The topological polar surface area (TPSA) is 56.7 Å². The second kappa shape index (κ2) is 3.71. The molecule has 72 valence electrons. The van der Waals surface area contributed by atoms with Crippen LogP contribution in [0.1, 0.15) is 0 Å². The van der Waals surface area contributed by atoms with Crippen molar-refractivity contribution < 1.29 is 0 Å². The molecule has 2 aromatic heterocycles. The van der Waals surface area contributed by atoms with Crippen LogP contribution in [0.3, 0.4) is 0 Å². The molecule has 2 rings (SSSR count). The second-order valence-corrected chi connectivity index (χ2v) is 3.91. The number of nitrogens with two attached hydrogens (primary N) is 1. The highest BCUT2D eigenvalue weighted by Crippen LogP contribution is 2.29. The van der Waals surface area contributed by atoms with E-state index in [0.29, 0.717) is 5.69 Å². The predicted molar refractivity (Wildman–Crippen MR) is 56.0 cm³/mol. The predicted octanol–water partition coefficient (Wildman–Crippen LogP) is 1.55. The van der Waals surface area contributed by atoms with Gasteiger partial charge in [0, 0.05) is 30.5 Å². The number of nitrogen functional groups attached to an aromatic ring is 1. The van der Waals surface area contributed by atoms with Gasteiger partial charge in [0.1, 0.15) is 5.03 Å². The average molecular weight is 206 g/mol. The molecular formula is C9H10N4S. The van der Waals surface area contributed by atoms with E-state index in [4.69, 9.17) is 5.73 Å². The minimum atomic E-state index is 0.703. The Kier molecular flexibility index (Phi) is 2.41. The van der Waals surface area contributed by atoms with Crippen molar-refractivity contribution in [3.8, 4) is 0 Å². The molecule has 0 bridgehead atoms. The lowest BCUT2D eigenvalue weighted by Crippen LogP contribution is -1.86. The first-order valence-corrected chi connectivity index (χ1v) is 4.94. The van der Waals surface area contributed by atoms with Crippen LogP contribution in [-0.4, -0.2) is 14.8 Å². The fraction of sp³-hybridized carbons (Fsp3) is 0.111. The van der Waals surface area contributed by atoms with Gasteiger partial charge in [0.05, 0.1) is 5.69 Å². The van der Waals surface area contributed by atoms with Crippen LogP contribution in [0.25, 0.3) is 0 Å². The summed E-state index contributed by atoms with van der Waals surface area (Å²) in [5.41, 5.74) is 6.47. The second-order valence-electron chi connectivity index (χ2n) is 2.85. The Labute approximate surface area is 86.1 Å². The number of pyridine rings is 1. The van der Waals surface area contributed by atoms with Crippen molar-refractivity contribution in [1.29, 1.82) is 0 Å². The Bertz CT molecular complexity index is 424. The fourth-order valence-electron chi connectivity index (χ4n) is 1.08. The van der Waals surface area contributed by atoms with Crippen molar-refractivity contribution in [2.24, 2.45) is 7.05 Å². The van der Waals surface area contributed by atoms with Gasteiger partial charge in [0.25, 0.3) is 0 Å². The molecule has 0 aromatic carbocycles. The van der Waals surface area contributed by atoms with E-state index in [1.165, 1.54) is 11.8 Å². The van der Waals surface area contributed by atoms with Crippen LogP contribution in [0.4, 0.5) is 5.69 Å². The molecule has 4 nitrogen and oxygen atoms in total. The van der Waals surface area contributed by atoms with Gasteiger partial charge >= 0.3 is 0 Å². The van der Waals surface area contributed by atoms with Gasteiger partial charge < -0.3 is 5.73 Å². The molecule has 0 saturated carbocycles. The summed E-state index contributed by atoms with van der Waals surface area (Å²) < 4.78 is 1.71. The van der Waals surface area contributed by atoms with E-state index in [0.717, 1.165) is 9.92 Å². The first kappa shape index (κ1) is 9.08. The van der Waals surface area contributed by atoms with Gasteiger partial charge in [-0.15, -0.1) is 0 Å². The zero-order valence-electron chi connectivity index (χ0n) is 7.71. The molecule has 5 heteroatoms. The van der Waals surface area contributed by atoms with Crippen LogP contribution in [0.5, 0.6) is 0 Å². The number of rotatable bonds is 2. The van der Waals surface area contributed by atoms with Gasteiger partial charge in [0.15, 0.2) is 0 Å². The summed E-state index contributed by atoms with van der Waals surface area (Å²) in [7, 11) is 1.85. The minimum absolute atomic E-state index is 0.703. The SMILES string of the molecule is Cn1cc(N)c(Sc2ccncc2)n1. The third kappa shape index (κ3) is 1.88. The van der Waals surface area contributed by atoms with Gasteiger partial charge in [-0.1, -0.05) is 11.8 Å². The van der Waals surface area contributed by atoms with Crippen LogP contribution in [0.2, 0.25) is 0 Å². The zero-order valence-corrected chi connectivity index (χ0v) is 8.53. The average Bonchev–Trinajstić information content (AvgIpc) is 2.47. The largest absolute Gasteiger partial charge is 0.395 e. The Morgan fingerprint density at radius 3 is 2.64 bits per heavy atom. The smallest absolute Gasteiger partial charge is 0.146 e. The summed E-state index contributed by atoms with van der Waals surface area (Å²) in [6.45, 7) is 0. The van der Waals surface area contributed by atoms with E-state index in [9.17, 15) is 0 Å². The van der Waals surface area contributed by atoms with Crippen LogP contribution in [-0.2, 0) is 7.05 Å². The monoisotopic (exact) mass is 206 g/mol. The molecule has 0 spiro atoms. The Balaban J connectivity index is 2.23. The number of hydrogen-bond donors (Lipinski definition) is 1. The lowest BCUT2D eigenvalue weighted by atomic mass is 10.5. The third-order valence-electron chi connectivity index (χ3n) is 1.69. The normalized spacial score (nSPS) is 10.4. The molecule has 14 heavy (non-hydrogen) atoms. The third-order valence-corrected chi connectivity index (χ3v) is 2.70. The molecule has 0 aliphatic carbocycles. The van der Waals surface area contributed by atoms with Crippen LogP contribution >= 0.6 is 11.8 Å². The van der Waals surface area contributed by atoms with Crippen LogP contribution in [0.15, 0.2) is 40.6 Å². The summed E-state index contributed by atoms with van der Waals surface area (Å²) in [4.78, 5) is 5.03. The van der Waals surface area contributed by atoms with E-state index in [1.807, 2.05) is 19.2 Å². The molecule has 0 aliphatic rings. The molecule has 0 atom stereocenters. The van der Waals surface area contributed by atoms with E-state index < -0.39 is 0 Å². The summed E-state index contributed by atoms with van der Waals surface area (Å²) in [6.07, 6.45) is 5.30. The Morgan fingerprint density at radius 2 is 2.07 bits per heavy atom. The molecule has 0 fully saturated rings. The maximum atomic E-state index is 5.77. The summed E-state index contributed by atoms with van der Waals surface area (Å²) in [6, 6.07) is 3.86. The van der Waals surface area contributed by atoms with Crippen molar-refractivity contribution >= 4 is 17.4 Å². The molecule has 0 saturated heterocycles. The zero-order chi connectivity index (χ0) is 9.97. The van der Waals surface area contributed by atoms with E-state index in [1.54, 1.807) is 23.3 Å². The quantitative estimate of drug-likeness (QED) is 0.810. The molecular weight excluding hydrogens is 196 g/mol. The highest BCUT2D eigenvalue weighted by Gasteiger charge is 2.05. The van der Waals surface area contributed by atoms with Crippen molar-refractivity contribution in [1.82, 2.24) is 14.8 Å².